The van der Waals surface area contributed by atoms with Crippen LogP contribution in [0.5, 0.6) is 0 Å². The van der Waals surface area contributed by atoms with Crippen molar-refractivity contribution >= 4 is 17.5 Å². The highest BCUT2D eigenvalue weighted by molar-refractivity contribution is 6.01. The molecular formula is C20H27N5O2. The number of piperidine rings is 1. The lowest BCUT2D eigenvalue weighted by Crippen LogP contribution is -2.48. The summed E-state index contributed by atoms with van der Waals surface area (Å²) in [5, 5.41) is 4.54. The molecular weight excluding hydrogens is 342 g/mol. The third kappa shape index (κ3) is 2.89. The Morgan fingerprint density at radius 1 is 1.22 bits per heavy atom. The average Bonchev–Trinajstić information content (AvgIpc) is 2.77. The van der Waals surface area contributed by atoms with Crippen molar-refractivity contribution in [1.29, 1.82) is 0 Å². The molecule has 0 N–H and O–H groups in total. The molecule has 2 atom stereocenters. The van der Waals surface area contributed by atoms with Crippen molar-refractivity contribution in [2.45, 2.75) is 53.0 Å². The Kier molecular flexibility index (Phi) is 4.40. The smallest absolute Gasteiger partial charge is 0.259 e. The lowest BCUT2D eigenvalue weighted by atomic mass is 9.94. The lowest BCUT2D eigenvalue weighted by molar-refractivity contribution is -0.139. The molecule has 0 saturated carbocycles. The fraction of sp³-hybridized carbons (Fsp3) is 0.600. The van der Waals surface area contributed by atoms with E-state index in [1.165, 1.54) is 0 Å². The quantitative estimate of drug-likeness (QED) is 0.831. The van der Waals surface area contributed by atoms with Crippen LogP contribution in [0.15, 0.2) is 6.07 Å². The highest BCUT2D eigenvalue weighted by Gasteiger charge is 2.42. The van der Waals surface area contributed by atoms with Crippen LogP contribution >= 0.6 is 0 Å². The molecule has 2 bridgehead atoms. The first-order valence-corrected chi connectivity index (χ1v) is 9.84. The highest BCUT2D eigenvalue weighted by atomic mass is 16.2. The zero-order chi connectivity index (χ0) is 19.3. The van der Waals surface area contributed by atoms with Gasteiger partial charge in [-0.2, -0.15) is 5.10 Å². The number of hydrogen-bond acceptors (Lipinski definition) is 4. The minimum Gasteiger partial charge on any atom is -0.338 e. The van der Waals surface area contributed by atoms with Gasteiger partial charge >= 0.3 is 0 Å². The molecule has 3 aliphatic rings. The van der Waals surface area contributed by atoms with E-state index in [-0.39, 0.29) is 23.8 Å². The number of fused-ring (bicyclic) bond motifs is 5. The normalized spacial score (nSPS) is 22.6. The van der Waals surface area contributed by atoms with E-state index < -0.39 is 0 Å². The minimum atomic E-state index is -0.0853. The van der Waals surface area contributed by atoms with Gasteiger partial charge in [0.05, 0.1) is 11.6 Å². The second-order valence-electron chi connectivity index (χ2n) is 7.90. The summed E-state index contributed by atoms with van der Waals surface area (Å²) in [6.45, 7) is 9.72. The Labute approximate surface area is 159 Å². The molecule has 27 heavy (non-hydrogen) atoms. The van der Waals surface area contributed by atoms with Crippen LogP contribution in [-0.2, 0) is 4.79 Å². The molecule has 7 nitrogen and oxygen atoms in total. The standard InChI is InChI=1S/C20H27N5O2/c1-5-8-24-16-7-6-15(19(24)26)10-23(11-16)20(27)17-14(4)22-25-13(3)9-12(2)21-18(17)25/h9,15-16H,5-8,10-11H2,1-4H3/t15-,16+/m0/s1. The van der Waals surface area contributed by atoms with Crippen LogP contribution in [0.2, 0.25) is 0 Å². The molecule has 0 spiro atoms. The molecule has 5 rings (SSSR count). The summed E-state index contributed by atoms with van der Waals surface area (Å²) in [6.07, 6.45) is 2.79. The summed E-state index contributed by atoms with van der Waals surface area (Å²) in [4.78, 5) is 34.7. The summed E-state index contributed by atoms with van der Waals surface area (Å²) in [6, 6.07) is 2.08. The van der Waals surface area contributed by atoms with Gasteiger partial charge in [-0.25, -0.2) is 9.50 Å². The number of amides is 2. The zero-order valence-corrected chi connectivity index (χ0v) is 16.5. The third-order valence-corrected chi connectivity index (χ3v) is 5.83. The van der Waals surface area contributed by atoms with E-state index in [4.69, 9.17) is 0 Å². The summed E-state index contributed by atoms with van der Waals surface area (Å²) in [7, 11) is 0. The van der Waals surface area contributed by atoms with Gasteiger partial charge in [0.25, 0.3) is 5.91 Å². The van der Waals surface area contributed by atoms with Crippen molar-refractivity contribution in [1.82, 2.24) is 24.4 Å². The monoisotopic (exact) mass is 369 g/mol. The minimum absolute atomic E-state index is 0.0527. The van der Waals surface area contributed by atoms with Crippen LogP contribution in [0.4, 0.5) is 0 Å². The molecule has 0 unspecified atom stereocenters. The molecule has 3 saturated heterocycles. The van der Waals surface area contributed by atoms with Crippen LogP contribution < -0.4 is 0 Å². The van der Waals surface area contributed by atoms with Crippen molar-refractivity contribution in [3.05, 3.63) is 28.7 Å². The van der Waals surface area contributed by atoms with Gasteiger partial charge in [-0.15, -0.1) is 0 Å². The van der Waals surface area contributed by atoms with Gasteiger partial charge in [0.15, 0.2) is 5.65 Å². The predicted molar refractivity (Wildman–Crippen MR) is 102 cm³/mol. The van der Waals surface area contributed by atoms with Gasteiger partial charge in [0, 0.05) is 37.1 Å². The Balaban J connectivity index is 1.71. The lowest BCUT2D eigenvalue weighted by Gasteiger charge is -2.35. The van der Waals surface area contributed by atoms with Crippen LogP contribution in [0, 0.1) is 26.7 Å². The van der Waals surface area contributed by atoms with Crippen LogP contribution in [0.25, 0.3) is 5.65 Å². The number of carbonyl (C=O) groups excluding carboxylic acids is 2. The van der Waals surface area contributed by atoms with Crippen LogP contribution in [0.3, 0.4) is 0 Å². The Hall–Kier alpha value is -2.44. The molecule has 2 aromatic heterocycles. The number of carbonyl (C=O) groups is 2. The van der Waals surface area contributed by atoms with Crippen molar-refractivity contribution in [2.24, 2.45) is 5.92 Å². The van der Waals surface area contributed by atoms with Crippen LogP contribution in [-0.4, -0.2) is 61.9 Å². The molecule has 144 valence electrons. The Morgan fingerprint density at radius 3 is 2.74 bits per heavy atom. The second-order valence-corrected chi connectivity index (χ2v) is 7.90. The summed E-state index contributed by atoms with van der Waals surface area (Å²) in [5.41, 5.74) is 3.70. The zero-order valence-electron chi connectivity index (χ0n) is 16.5. The molecule has 0 radical (unpaired) electrons. The largest absolute Gasteiger partial charge is 0.338 e. The van der Waals surface area contributed by atoms with Crippen molar-refractivity contribution in [2.75, 3.05) is 19.6 Å². The predicted octanol–water partition coefficient (Wildman–Crippen LogP) is 2.13. The van der Waals surface area contributed by atoms with E-state index in [2.05, 4.69) is 17.0 Å². The van der Waals surface area contributed by atoms with E-state index in [1.807, 2.05) is 36.6 Å². The van der Waals surface area contributed by atoms with Gasteiger partial charge in [0.2, 0.25) is 5.91 Å². The van der Waals surface area contributed by atoms with Gasteiger partial charge < -0.3 is 9.80 Å². The maximum absolute atomic E-state index is 13.5. The average molecular weight is 369 g/mol. The number of aryl methyl sites for hydroxylation is 3. The highest BCUT2D eigenvalue weighted by Crippen LogP contribution is 2.30. The Bertz CT molecular complexity index is 919. The maximum Gasteiger partial charge on any atom is 0.259 e. The molecule has 2 amide bonds. The van der Waals surface area contributed by atoms with Crippen molar-refractivity contribution < 1.29 is 9.59 Å². The SMILES string of the molecule is CCCN1C(=O)[C@H]2CC[C@@H]1CN(C(=O)c1c(C)nn3c(C)cc(C)nc13)C2. The summed E-state index contributed by atoms with van der Waals surface area (Å²) in [5.74, 6) is 0.0747. The summed E-state index contributed by atoms with van der Waals surface area (Å²) >= 11 is 0. The first kappa shape index (κ1) is 17.9. The number of nitrogens with zero attached hydrogens (tertiary/aromatic N) is 5. The third-order valence-electron chi connectivity index (χ3n) is 5.83. The number of hydrogen-bond donors (Lipinski definition) is 0. The summed E-state index contributed by atoms with van der Waals surface area (Å²) < 4.78 is 1.75. The van der Waals surface area contributed by atoms with Crippen molar-refractivity contribution in [3.8, 4) is 0 Å². The first-order chi connectivity index (χ1) is 12.9. The van der Waals surface area contributed by atoms with Gasteiger partial charge in [-0.05, 0) is 46.1 Å². The topological polar surface area (TPSA) is 70.8 Å². The van der Waals surface area contributed by atoms with Gasteiger partial charge in [0.1, 0.15) is 5.56 Å². The fourth-order valence-corrected chi connectivity index (χ4v) is 4.58. The fourth-order valence-electron chi connectivity index (χ4n) is 4.58. The molecule has 5 heterocycles. The molecule has 3 fully saturated rings. The van der Waals surface area contributed by atoms with E-state index in [1.54, 1.807) is 4.52 Å². The van der Waals surface area contributed by atoms with E-state index in [9.17, 15) is 9.59 Å². The second kappa shape index (κ2) is 6.62. The molecule has 0 aromatic carbocycles. The first-order valence-electron chi connectivity index (χ1n) is 9.84. The van der Waals surface area contributed by atoms with E-state index in [0.29, 0.717) is 30.0 Å². The van der Waals surface area contributed by atoms with E-state index >= 15 is 0 Å². The van der Waals surface area contributed by atoms with E-state index in [0.717, 1.165) is 37.2 Å². The molecule has 3 aliphatic heterocycles. The molecule has 0 aliphatic carbocycles. The molecule has 2 aromatic rings. The maximum atomic E-state index is 13.5. The van der Waals surface area contributed by atoms with Gasteiger partial charge in [-0.1, -0.05) is 6.92 Å². The number of aromatic nitrogens is 3. The number of rotatable bonds is 3. The van der Waals surface area contributed by atoms with Crippen LogP contribution in [0.1, 0.15) is 53.6 Å². The van der Waals surface area contributed by atoms with Crippen molar-refractivity contribution in [3.63, 3.8) is 0 Å². The van der Waals surface area contributed by atoms with Gasteiger partial charge in [-0.3, -0.25) is 9.59 Å². The Morgan fingerprint density at radius 2 is 2.00 bits per heavy atom. The molecule has 7 heteroatoms.